The lowest BCUT2D eigenvalue weighted by Crippen LogP contribution is -2.15. The Bertz CT molecular complexity index is 729. The van der Waals surface area contributed by atoms with E-state index in [9.17, 15) is 4.79 Å². The molecule has 4 nitrogen and oxygen atoms in total. The van der Waals surface area contributed by atoms with Crippen LogP contribution in [0.15, 0.2) is 53.0 Å². The molecule has 1 unspecified atom stereocenters. The van der Waals surface area contributed by atoms with Gasteiger partial charge in [-0.25, -0.2) is 0 Å². The Kier molecular flexibility index (Phi) is 7.92. The highest BCUT2D eigenvalue weighted by Gasteiger charge is 2.19. The lowest BCUT2D eigenvalue weighted by Gasteiger charge is -2.16. The molecule has 0 aliphatic rings. The molecule has 0 bridgehead atoms. The number of allylic oxidation sites excluding steroid dienone is 1. The van der Waals surface area contributed by atoms with Crippen LogP contribution in [0.2, 0.25) is 0 Å². The zero-order valence-corrected chi connectivity index (χ0v) is 17.7. The van der Waals surface area contributed by atoms with Crippen molar-refractivity contribution < 1.29 is 19.0 Å². The monoisotopic (exact) mass is 432 g/mol. The third-order valence-electron chi connectivity index (χ3n) is 4.20. The summed E-state index contributed by atoms with van der Waals surface area (Å²) in [4.78, 5) is 12.0. The van der Waals surface area contributed by atoms with Crippen molar-refractivity contribution in [2.45, 2.75) is 20.3 Å². The molecule has 0 saturated heterocycles. The minimum absolute atomic E-state index is 0.196. The number of carbonyl (C=O) groups is 1. The summed E-state index contributed by atoms with van der Waals surface area (Å²) in [5, 5.41) is 0. The largest absolute Gasteiger partial charge is 0.497 e. The van der Waals surface area contributed by atoms with Crippen LogP contribution in [-0.4, -0.2) is 26.8 Å². The summed E-state index contributed by atoms with van der Waals surface area (Å²) in [5.41, 5.74) is 3.09. The molecule has 1 atom stereocenters. The Labute approximate surface area is 169 Å². The maximum absolute atomic E-state index is 12.0. The molecule has 0 radical (unpaired) electrons. The molecule has 0 aromatic heterocycles. The van der Waals surface area contributed by atoms with Crippen LogP contribution in [0.3, 0.4) is 0 Å². The summed E-state index contributed by atoms with van der Waals surface area (Å²) in [6.07, 6.45) is 0.548. The lowest BCUT2D eigenvalue weighted by molar-refractivity contribution is -0.147. The number of halogens is 1. The predicted molar refractivity (Wildman–Crippen MR) is 111 cm³/mol. The molecule has 0 fully saturated rings. The molecule has 0 amide bonds. The van der Waals surface area contributed by atoms with Gasteiger partial charge < -0.3 is 14.2 Å². The van der Waals surface area contributed by atoms with Gasteiger partial charge in [0.25, 0.3) is 0 Å². The fourth-order valence-electron chi connectivity index (χ4n) is 2.73. The van der Waals surface area contributed by atoms with Gasteiger partial charge in [0, 0.05) is 4.48 Å². The molecule has 0 aliphatic carbocycles. The topological polar surface area (TPSA) is 44.8 Å². The fourth-order valence-corrected chi connectivity index (χ4v) is 3.68. The van der Waals surface area contributed by atoms with Gasteiger partial charge in [-0.2, -0.15) is 0 Å². The maximum atomic E-state index is 12.0. The van der Waals surface area contributed by atoms with E-state index in [1.54, 1.807) is 14.2 Å². The molecule has 0 saturated carbocycles. The second kappa shape index (κ2) is 10.2. The zero-order chi connectivity index (χ0) is 19.8. The van der Waals surface area contributed by atoms with Crippen LogP contribution in [0.25, 0.3) is 5.57 Å². The highest BCUT2D eigenvalue weighted by molar-refractivity contribution is 9.11. The van der Waals surface area contributed by atoms with E-state index in [-0.39, 0.29) is 11.9 Å². The van der Waals surface area contributed by atoms with Crippen LogP contribution in [0, 0.1) is 5.92 Å². The SMILES string of the molecule is CCOC(=O)C(C)CC(Br)=C(c1ccc(OC)cc1)c1ccc(OC)cc1. The lowest BCUT2D eigenvalue weighted by atomic mass is 9.94. The van der Waals surface area contributed by atoms with Gasteiger partial charge in [0.2, 0.25) is 0 Å². The molecule has 0 heterocycles. The van der Waals surface area contributed by atoms with Crippen LogP contribution in [0.1, 0.15) is 31.4 Å². The van der Waals surface area contributed by atoms with Crippen LogP contribution in [-0.2, 0) is 9.53 Å². The standard InChI is InChI=1S/C22H25BrO4/c1-5-27-22(24)15(2)14-20(23)21(16-6-10-18(25-3)11-7-16)17-8-12-19(26-4)13-9-17/h6-13,15H,5,14H2,1-4H3. The summed E-state index contributed by atoms with van der Waals surface area (Å²) >= 11 is 3.72. The van der Waals surface area contributed by atoms with Crippen molar-refractivity contribution in [2.24, 2.45) is 5.92 Å². The highest BCUT2D eigenvalue weighted by Crippen LogP contribution is 2.35. The van der Waals surface area contributed by atoms with E-state index in [0.717, 1.165) is 32.7 Å². The van der Waals surface area contributed by atoms with Crippen LogP contribution >= 0.6 is 15.9 Å². The quantitative estimate of drug-likeness (QED) is 0.520. The Hall–Kier alpha value is -2.27. The third-order valence-corrected chi connectivity index (χ3v) is 4.92. The van der Waals surface area contributed by atoms with Gasteiger partial charge in [0.15, 0.2) is 0 Å². The van der Waals surface area contributed by atoms with Gasteiger partial charge >= 0.3 is 5.97 Å². The second-order valence-corrected chi connectivity index (χ2v) is 7.05. The first-order valence-corrected chi connectivity index (χ1v) is 9.63. The first-order chi connectivity index (χ1) is 13.0. The average molecular weight is 433 g/mol. The number of hydrogen-bond donors (Lipinski definition) is 0. The minimum Gasteiger partial charge on any atom is -0.497 e. The Balaban J connectivity index is 2.44. The molecule has 2 aromatic rings. The van der Waals surface area contributed by atoms with Crippen molar-refractivity contribution in [3.05, 3.63) is 64.1 Å². The van der Waals surface area contributed by atoms with Gasteiger partial charge in [-0.15, -0.1) is 0 Å². The van der Waals surface area contributed by atoms with Crippen molar-refractivity contribution in [2.75, 3.05) is 20.8 Å². The number of ether oxygens (including phenoxy) is 3. The van der Waals surface area contributed by atoms with E-state index in [4.69, 9.17) is 14.2 Å². The van der Waals surface area contributed by atoms with E-state index >= 15 is 0 Å². The Morgan fingerprint density at radius 3 is 1.74 bits per heavy atom. The van der Waals surface area contributed by atoms with Crippen molar-refractivity contribution >= 4 is 27.5 Å². The number of rotatable bonds is 8. The van der Waals surface area contributed by atoms with Gasteiger partial charge in [-0.1, -0.05) is 47.1 Å². The molecule has 2 aromatic carbocycles. The smallest absolute Gasteiger partial charge is 0.308 e. The van der Waals surface area contributed by atoms with E-state index < -0.39 is 0 Å². The van der Waals surface area contributed by atoms with Gasteiger partial charge in [0.05, 0.1) is 26.7 Å². The van der Waals surface area contributed by atoms with E-state index in [2.05, 4.69) is 15.9 Å². The molecule has 5 heteroatoms. The van der Waals surface area contributed by atoms with E-state index in [0.29, 0.717) is 13.0 Å². The molecular formula is C22H25BrO4. The van der Waals surface area contributed by atoms with Gasteiger partial charge in [-0.3, -0.25) is 4.79 Å². The molecule has 0 N–H and O–H groups in total. The second-order valence-electron chi connectivity index (χ2n) is 6.09. The van der Waals surface area contributed by atoms with Gasteiger partial charge in [0.1, 0.15) is 11.5 Å². The summed E-state index contributed by atoms with van der Waals surface area (Å²) in [6.45, 7) is 4.07. The van der Waals surface area contributed by atoms with Crippen LogP contribution < -0.4 is 9.47 Å². The molecule has 0 spiro atoms. The number of methoxy groups -OCH3 is 2. The van der Waals surface area contributed by atoms with Crippen LogP contribution in [0.4, 0.5) is 0 Å². The summed E-state index contributed by atoms with van der Waals surface area (Å²) < 4.78 is 16.6. The summed E-state index contributed by atoms with van der Waals surface area (Å²) in [5.74, 6) is 1.15. The van der Waals surface area contributed by atoms with Crippen molar-refractivity contribution in [1.82, 2.24) is 0 Å². The maximum Gasteiger partial charge on any atom is 0.308 e. The normalized spacial score (nSPS) is 11.4. The third kappa shape index (κ3) is 5.60. The average Bonchev–Trinajstić information content (AvgIpc) is 2.69. The first kappa shape index (κ1) is 21.0. The molecular weight excluding hydrogens is 408 g/mol. The number of esters is 1. The van der Waals surface area contributed by atoms with Crippen molar-refractivity contribution in [3.63, 3.8) is 0 Å². The minimum atomic E-state index is -0.245. The Morgan fingerprint density at radius 1 is 0.926 bits per heavy atom. The summed E-state index contributed by atoms with van der Waals surface area (Å²) in [7, 11) is 3.29. The van der Waals surface area contributed by atoms with E-state index in [1.165, 1.54) is 0 Å². The highest BCUT2D eigenvalue weighted by atomic mass is 79.9. The molecule has 27 heavy (non-hydrogen) atoms. The fraction of sp³-hybridized carbons (Fsp3) is 0.318. The van der Waals surface area contributed by atoms with Crippen molar-refractivity contribution in [3.8, 4) is 11.5 Å². The molecule has 2 rings (SSSR count). The molecule has 0 aliphatic heterocycles. The van der Waals surface area contributed by atoms with Crippen LogP contribution in [0.5, 0.6) is 11.5 Å². The number of carbonyl (C=O) groups excluding carboxylic acids is 1. The Morgan fingerprint density at radius 2 is 1.37 bits per heavy atom. The summed E-state index contributed by atoms with van der Waals surface area (Å²) in [6, 6.07) is 15.7. The van der Waals surface area contributed by atoms with Gasteiger partial charge in [-0.05, 0) is 54.3 Å². The first-order valence-electron chi connectivity index (χ1n) is 8.84. The molecule has 144 valence electrons. The van der Waals surface area contributed by atoms with Crippen molar-refractivity contribution in [1.29, 1.82) is 0 Å². The number of benzene rings is 2. The number of hydrogen-bond acceptors (Lipinski definition) is 4. The zero-order valence-electron chi connectivity index (χ0n) is 16.1. The van der Waals surface area contributed by atoms with E-state index in [1.807, 2.05) is 62.4 Å². The predicted octanol–water partition coefficient (Wildman–Crippen LogP) is 5.45.